The van der Waals surface area contributed by atoms with Gasteiger partial charge in [-0.05, 0) is 24.1 Å². The summed E-state index contributed by atoms with van der Waals surface area (Å²) in [6, 6.07) is 14.7. The third-order valence-corrected chi connectivity index (χ3v) is 5.00. The van der Waals surface area contributed by atoms with Gasteiger partial charge in [-0.25, -0.2) is 4.98 Å². The first-order valence-corrected chi connectivity index (χ1v) is 7.81. The van der Waals surface area contributed by atoms with Gasteiger partial charge in [0.1, 0.15) is 5.01 Å². The lowest BCUT2D eigenvalue weighted by atomic mass is 10.1. The average Bonchev–Trinajstić information content (AvgIpc) is 3.08. The number of aromatic nitrogens is 1. The van der Waals surface area contributed by atoms with Gasteiger partial charge >= 0.3 is 0 Å². The van der Waals surface area contributed by atoms with Crippen LogP contribution in [0, 0.1) is 0 Å². The molecule has 0 fully saturated rings. The molecule has 2 aromatic heterocycles. The molecule has 1 N–H and O–H groups in total. The minimum atomic E-state index is 0.798. The predicted octanol–water partition coefficient (Wildman–Crippen LogP) is 4.26. The van der Waals surface area contributed by atoms with Gasteiger partial charge in [-0.15, -0.1) is 22.7 Å². The molecule has 2 nitrogen and oxygen atoms in total. The summed E-state index contributed by atoms with van der Waals surface area (Å²) in [4.78, 5) is 7.29. The number of thiophene rings is 1. The highest BCUT2D eigenvalue weighted by molar-refractivity contribution is 7.23. The van der Waals surface area contributed by atoms with Crippen LogP contribution in [0.25, 0.3) is 20.3 Å². The second kappa shape index (κ2) is 5.65. The molecule has 0 saturated heterocycles. The Morgan fingerprint density at radius 2 is 1.95 bits per heavy atom. The highest BCUT2D eigenvalue weighted by Crippen LogP contribution is 2.37. The van der Waals surface area contributed by atoms with Gasteiger partial charge in [0.2, 0.25) is 0 Å². The molecule has 0 aliphatic carbocycles. The largest absolute Gasteiger partial charge is 0.314 e. The molecule has 0 atom stereocenters. The molecule has 0 radical (unpaired) electrons. The van der Waals surface area contributed by atoms with Crippen LogP contribution >= 0.6 is 22.7 Å². The van der Waals surface area contributed by atoms with Crippen molar-refractivity contribution in [1.82, 2.24) is 10.3 Å². The fourth-order valence-electron chi connectivity index (χ4n) is 1.96. The van der Waals surface area contributed by atoms with Crippen molar-refractivity contribution < 1.29 is 0 Å². The summed E-state index contributed by atoms with van der Waals surface area (Å²) in [7, 11) is 1.96. The van der Waals surface area contributed by atoms with E-state index in [-0.39, 0.29) is 0 Å². The number of benzene rings is 1. The van der Waals surface area contributed by atoms with E-state index >= 15 is 0 Å². The highest BCUT2D eigenvalue weighted by atomic mass is 32.1. The number of thiazole rings is 1. The van der Waals surface area contributed by atoms with Crippen LogP contribution < -0.4 is 5.32 Å². The van der Waals surface area contributed by atoms with E-state index in [2.05, 4.69) is 47.1 Å². The van der Waals surface area contributed by atoms with E-state index in [9.17, 15) is 0 Å². The smallest absolute Gasteiger partial charge is 0.134 e. The molecule has 3 aromatic rings. The van der Waals surface area contributed by atoms with Crippen molar-refractivity contribution in [2.75, 3.05) is 7.05 Å². The van der Waals surface area contributed by atoms with E-state index in [0.717, 1.165) is 17.2 Å². The van der Waals surface area contributed by atoms with E-state index in [0.29, 0.717) is 0 Å². The van der Waals surface area contributed by atoms with Gasteiger partial charge in [0.05, 0.1) is 15.4 Å². The lowest BCUT2D eigenvalue weighted by molar-refractivity contribution is 0.800. The first-order chi connectivity index (χ1) is 9.38. The monoisotopic (exact) mass is 286 g/mol. The molecule has 3 rings (SSSR count). The molecule has 96 valence electrons. The topological polar surface area (TPSA) is 24.9 Å². The van der Waals surface area contributed by atoms with Crippen molar-refractivity contribution in [1.29, 1.82) is 0 Å². The Hall–Kier alpha value is -1.49. The van der Waals surface area contributed by atoms with Crippen molar-refractivity contribution in [2.24, 2.45) is 0 Å². The van der Waals surface area contributed by atoms with Crippen LogP contribution in [0.3, 0.4) is 0 Å². The normalized spacial score (nSPS) is 10.8. The van der Waals surface area contributed by atoms with Gasteiger partial charge < -0.3 is 5.32 Å². The van der Waals surface area contributed by atoms with Crippen molar-refractivity contribution in [2.45, 2.75) is 6.54 Å². The number of rotatable bonds is 4. The summed E-state index contributed by atoms with van der Waals surface area (Å²) in [6.45, 7) is 0.798. The van der Waals surface area contributed by atoms with Gasteiger partial charge in [-0.3, -0.25) is 0 Å². The Morgan fingerprint density at radius 1 is 1.11 bits per heavy atom. The minimum absolute atomic E-state index is 0.798. The molecule has 0 spiro atoms. The fraction of sp³-hybridized carbons (Fsp3) is 0.133. The van der Waals surface area contributed by atoms with E-state index in [1.807, 2.05) is 13.1 Å². The molecule has 0 bridgehead atoms. The lowest BCUT2D eigenvalue weighted by Crippen LogP contribution is -2.06. The maximum absolute atomic E-state index is 4.79. The van der Waals surface area contributed by atoms with Crippen molar-refractivity contribution in [3.8, 4) is 20.3 Å². The Kier molecular flexibility index (Phi) is 3.73. The highest BCUT2D eigenvalue weighted by Gasteiger charge is 2.13. The first-order valence-electron chi connectivity index (χ1n) is 6.12. The zero-order valence-corrected chi connectivity index (χ0v) is 12.2. The Labute approximate surface area is 120 Å². The van der Waals surface area contributed by atoms with Gasteiger partial charge in [-0.2, -0.15) is 0 Å². The van der Waals surface area contributed by atoms with E-state index in [1.54, 1.807) is 22.7 Å². The number of hydrogen-bond acceptors (Lipinski definition) is 4. The predicted molar refractivity (Wildman–Crippen MR) is 83.6 cm³/mol. The van der Waals surface area contributed by atoms with Crippen LogP contribution in [0.2, 0.25) is 0 Å². The van der Waals surface area contributed by atoms with E-state index in [1.165, 1.54) is 15.3 Å². The van der Waals surface area contributed by atoms with Gasteiger partial charge in [0.25, 0.3) is 0 Å². The lowest BCUT2D eigenvalue weighted by Gasteiger charge is -2.00. The number of nitrogens with zero attached hydrogens (tertiary/aromatic N) is 1. The zero-order chi connectivity index (χ0) is 13.1. The Morgan fingerprint density at radius 3 is 2.63 bits per heavy atom. The molecule has 0 saturated carbocycles. The van der Waals surface area contributed by atoms with Crippen LogP contribution in [0.1, 0.15) is 5.69 Å². The molecule has 1 aromatic carbocycles. The molecule has 2 heterocycles. The minimum Gasteiger partial charge on any atom is -0.314 e. The number of nitrogens with one attached hydrogen (secondary N) is 1. The SMILES string of the molecule is CNCc1nc(-c2cccs2)sc1-c1ccccc1. The molecule has 19 heavy (non-hydrogen) atoms. The fourth-order valence-corrected chi connectivity index (χ4v) is 3.84. The van der Waals surface area contributed by atoms with Crippen molar-refractivity contribution in [3.05, 3.63) is 53.5 Å². The summed E-state index contributed by atoms with van der Waals surface area (Å²) in [6.07, 6.45) is 0. The number of hydrogen-bond donors (Lipinski definition) is 1. The summed E-state index contributed by atoms with van der Waals surface area (Å²) >= 11 is 3.51. The van der Waals surface area contributed by atoms with E-state index < -0.39 is 0 Å². The standard InChI is InChI=1S/C15H14N2S2/c1-16-10-12-14(11-6-3-2-4-7-11)19-15(17-12)13-8-5-9-18-13/h2-9,16H,10H2,1H3. The molecule has 4 heteroatoms. The second-order valence-electron chi connectivity index (χ2n) is 4.17. The third kappa shape index (κ3) is 2.61. The molecule has 0 aliphatic rings. The maximum Gasteiger partial charge on any atom is 0.134 e. The van der Waals surface area contributed by atoms with Crippen LogP contribution in [0.4, 0.5) is 0 Å². The van der Waals surface area contributed by atoms with Crippen molar-refractivity contribution >= 4 is 22.7 Å². The second-order valence-corrected chi connectivity index (χ2v) is 6.12. The van der Waals surface area contributed by atoms with E-state index in [4.69, 9.17) is 4.98 Å². The van der Waals surface area contributed by atoms with Gasteiger partial charge in [0.15, 0.2) is 0 Å². The molecule has 0 amide bonds. The Bertz CT molecular complexity index is 642. The zero-order valence-electron chi connectivity index (χ0n) is 10.6. The molecule has 0 unspecified atom stereocenters. The van der Waals surface area contributed by atoms with Crippen LogP contribution in [0.5, 0.6) is 0 Å². The summed E-state index contributed by atoms with van der Waals surface area (Å²) in [5.74, 6) is 0. The Balaban J connectivity index is 2.08. The average molecular weight is 286 g/mol. The molecular formula is C15H14N2S2. The quantitative estimate of drug-likeness (QED) is 0.775. The summed E-state index contributed by atoms with van der Waals surface area (Å²) < 4.78 is 0. The van der Waals surface area contributed by atoms with Gasteiger partial charge in [-0.1, -0.05) is 36.4 Å². The summed E-state index contributed by atoms with van der Waals surface area (Å²) in [5.41, 5.74) is 2.37. The first kappa shape index (κ1) is 12.5. The van der Waals surface area contributed by atoms with Crippen LogP contribution in [-0.4, -0.2) is 12.0 Å². The van der Waals surface area contributed by atoms with Crippen LogP contribution in [-0.2, 0) is 6.54 Å². The van der Waals surface area contributed by atoms with Crippen molar-refractivity contribution in [3.63, 3.8) is 0 Å². The molecular weight excluding hydrogens is 272 g/mol. The summed E-state index contributed by atoms with van der Waals surface area (Å²) in [5, 5.41) is 6.40. The molecule has 0 aliphatic heterocycles. The third-order valence-electron chi connectivity index (χ3n) is 2.81. The van der Waals surface area contributed by atoms with Gasteiger partial charge in [0, 0.05) is 6.54 Å². The van der Waals surface area contributed by atoms with Crippen LogP contribution in [0.15, 0.2) is 47.8 Å². The maximum atomic E-state index is 4.79.